The highest BCUT2D eigenvalue weighted by Gasteiger charge is 2.51. The van der Waals surface area contributed by atoms with Gasteiger partial charge in [-0.15, -0.1) is 11.3 Å². The van der Waals surface area contributed by atoms with Crippen LogP contribution in [0, 0.1) is 6.92 Å². The zero-order valence-corrected chi connectivity index (χ0v) is 12.9. The second-order valence-corrected chi connectivity index (χ2v) is 7.67. The molecule has 1 amide bonds. The zero-order chi connectivity index (χ0) is 16.7. The van der Waals surface area contributed by atoms with Crippen molar-refractivity contribution in [2.75, 3.05) is 11.5 Å². The molecule has 0 bridgehead atoms. The van der Waals surface area contributed by atoms with Crippen LogP contribution in [0.25, 0.3) is 0 Å². The molecule has 3 unspecified atom stereocenters. The molecule has 0 aromatic carbocycles. The number of halogens is 3. The number of hydrogen-bond acceptors (Lipinski definition) is 4. The van der Waals surface area contributed by atoms with Crippen LogP contribution in [0.1, 0.15) is 15.8 Å². The first kappa shape index (κ1) is 16.9. The molecule has 22 heavy (non-hydrogen) atoms. The third-order valence-electron chi connectivity index (χ3n) is 3.21. The monoisotopic (exact) mass is 355 g/mol. The summed E-state index contributed by atoms with van der Waals surface area (Å²) in [6.07, 6.45) is -5.18. The van der Waals surface area contributed by atoms with E-state index in [0.717, 1.165) is 16.2 Å². The van der Waals surface area contributed by atoms with Crippen LogP contribution < -0.4 is 0 Å². The van der Waals surface area contributed by atoms with Crippen molar-refractivity contribution >= 4 is 34.0 Å². The van der Waals surface area contributed by atoms with Gasteiger partial charge in [-0.25, -0.2) is 4.79 Å². The van der Waals surface area contributed by atoms with Gasteiger partial charge in [0.05, 0.1) is 11.8 Å². The average molecular weight is 355 g/mol. The summed E-state index contributed by atoms with van der Waals surface area (Å²) in [5.41, 5.74) is 0. The number of aliphatic carboxylic acids is 1. The Morgan fingerprint density at radius 2 is 2.00 bits per heavy atom. The Morgan fingerprint density at radius 1 is 1.36 bits per heavy atom. The molecule has 0 aliphatic carbocycles. The van der Waals surface area contributed by atoms with Gasteiger partial charge in [0.15, 0.2) is 0 Å². The Kier molecular flexibility index (Phi) is 4.62. The second-order valence-electron chi connectivity index (χ2n) is 4.80. The van der Waals surface area contributed by atoms with Crippen LogP contribution >= 0.6 is 11.3 Å². The number of rotatable bonds is 2. The number of aryl methyl sites for hydroxylation is 1. The number of hydrogen-bond donors (Lipinski definition) is 1. The number of carboxylic acid groups (broad SMARTS) is 1. The summed E-state index contributed by atoms with van der Waals surface area (Å²) in [5.74, 6) is -4.51. The van der Waals surface area contributed by atoms with Crippen molar-refractivity contribution in [2.24, 2.45) is 0 Å². The summed E-state index contributed by atoms with van der Waals surface area (Å²) in [5, 5.41) is 9.12. The third kappa shape index (κ3) is 3.32. The minimum Gasteiger partial charge on any atom is -0.480 e. The molecule has 122 valence electrons. The summed E-state index contributed by atoms with van der Waals surface area (Å²) in [6, 6.07) is 0.284. The lowest BCUT2D eigenvalue weighted by Crippen LogP contribution is -2.57. The Balaban J connectivity index is 2.48. The normalized spacial score (nSPS) is 26.0. The van der Waals surface area contributed by atoms with E-state index in [9.17, 15) is 27.0 Å². The highest BCUT2D eigenvalue weighted by atomic mass is 32.2. The summed E-state index contributed by atoms with van der Waals surface area (Å²) in [4.78, 5) is 24.4. The fourth-order valence-electron chi connectivity index (χ4n) is 2.27. The molecule has 1 saturated heterocycles. The maximum Gasteiger partial charge on any atom is 0.471 e. The largest absolute Gasteiger partial charge is 0.480 e. The van der Waals surface area contributed by atoms with E-state index in [1.807, 2.05) is 0 Å². The van der Waals surface area contributed by atoms with Gasteiger partial charge in [0, 0.05) is 26.3 Å². The number of alkyl halides is 3. The third-order valence-corrected chi connectivity index (χ3v) is 5.69. The number of carbonyl (C=O) groups excluding carboxylic acids is 1. The number of amides is 1. The molecule has 1 aromatic rings. The molecule has 0 spiro atoms. The van der Waals surface area contributed by atoms with Crippen LogP contribution in [-0.2, 0) is 20.4 Å². The molecule has 1 aromatic heterocycles. The first-order valence-corrected chi connectivity index (χ1v) is 8.45. The molecule has 2 rings (SSSR count). The number of carbonyl (C=O) groups is 2. The standard InChI is InChI=1S/C12H12F3NO4S2/c1-6-2-3-9(21-6)7-4-22(20)5-8(10(17)18)16(7)11(19)12(13,14)15/h2-3,7-8H,4-5H2,1H3,(H,17,18). The quantitative estimate of drug-likeness (QED) is 0.876. The van der Waals surface area contributed by atoms with Crippen molar-refractivity contribution in [1.82, 2.24) is 4.90 Å². The first-order chi connectivity index (χ1) is 10.1. The highest BCUT2D eigenvalue weighted by molar-refractivity contribution is 7.85. The van der Waals surface area contributed by atoms with Crippen molar-refractivity contribution in [1.29, 1.82) is 0 Å². The fourth-order valence-corrected chi connectivity index (χ4v) is 4.84. The van der Waals surface area contributed by atoms with E-state index >= 15 is 0 Å². The molecule has 0 saturated carbocycles. The molecule has 1 aliphatic heterocycles. The van der Waals surface area contributed by atoms with E-state index in [1.165, 1.54) is 6.07 Å². The average Bonchev–Trinajstić information content (AvgIpc) is 2.82. The molecule has 1 fully saturated rings. The zero-order valence-electron chi connectivity index (χ0n) is 11.3. The topological polar surface area (TPSA) is 74.7 Å². The molecule has 3 atom stereocenters. The summed E-state index contributed by atoms with van der Waals surface area (Å²) in [6.45, 7) is 1.73. The second kappa shape index (κ2) is 5.99. The lowest BCUT2D eigenvalue weighted by molar-refractivity contribution is -0.192. The molecule has 10 heteroatoms. The Labute approximate surface area is 130 Å². The van der Waals surface area contributed by atoms with Crippen LogP contribution in [0.5, 0.6) is 0 Å². The van der Waals surface area contributed by atoms with Crippen LogP contribution in [0.15, 0.2) is 12.1 Å². The SMILES string of the molecule is Cc1ccc(C2CS(=O)CC(C(=O)O)N2C(=O)C(F)(F)F)s1. The van der Waals surface area contributed by atoms with Gasteiger partial charge in [-0.3, -0.25) is 9.00 Å². The fraction of sp³-hybridized carbons (Fsp3) is 0.500. The van der Waals surface area contributed by atoms with Gasteiger partial charge < -0.3 is 10.0 Å². The molecule has 1 aliphatic rings. The van der Waals surface area contributed by atoms with E-state index < -0.39 is 46.7 Å². The molecule has 5 nitrogen and oxygen atoms in total. The van der Waals surface area contributed by atoms with E-state index in [0.29, 0.717) is 9.78 Å². The summed E-state index contributed by atoms with van der Waals surface area (Å²) >= 11 is 1.15. The Hall–Kier alpha value is -1.42. The summed E-state index contributed by atoms with van der Waals surface area (Å²) in [7, 11) is -1.61. The minimum absolute atomic E-state index is 0.203. The van der Waals surface area contributed by atoms with Crippen molar-refractivity contribution in [2.45, 2.75) is 25.2 Å². The maximum atomic E-state index is 12.8. The van der Waals surface area contributed by atoms with Crippen molar-refractivity contribution in [3.05, 3.63) is 21.9 Å². The van der Waals surface area contributed by atoms with Gasteiger partial charge in [0.25, 0.3) is 0 Å². The van der Waals surface area contributed by atoms with Crippen LogP contribution in [0.4, 0.5) is 13.2 Å². The van der Waals surface area contributed by atoms with Crippen LogP contribution in [-0.4, -0.2) is 49.8 Å². The van der Waals surface area contributed by atoms with E-state index in [-0.39, 0.29) is 5.75 Å². The van der Waals surface area contributed by atoms with Crippen LogP contribution in [0.3, 0.4) is 0 Å². The number of thiophene rings is 1. The van der Waals surface area contributed by atoms with Crippen molar-refractivity contribution in [3.63, 3.8) is 0 Å². The van der Waals surface area contributed by atoms with Gasteiger partial charge in [0.1, 0.15) is 6.04 Å². The van der Waals surface area contributed by atoms with Crippen molar-refractivity contribution in [3.8, 4) is 0 Å². The predicted octanol–water partition coefficient (Wildman–Crippen LogP) is 1.70. The predicted molar refractivity (Wildman–Crippen MR) is 74.0 cm³/mol. The van der Waals surface area contributed by atoms with Gasteiger partial charge in [-0.05, 0) is 19.1 Å². The molecular formula is C12H12F3NO4S2. The van der Waals surface area contributed by atoms with Gasteiger partial charge in [-0.1, -0.05) is 0 Å². The molecule has 2 heterocycles. The van der Waals surface area contributed by atoms with E-state index in [4.69, 9.17) is 5.11 Å². The van der Waals surface area contributed by atoms with E-state index in [1.54, 1.807) is 13.0 Å². The van der Waals surface area contributed by atoms with E-state index in [2.05, 4.69) is 0 Å². The Morgan fingerprint density at radius 3 is 2.45 bits per heavy atom. The smallest absolute Gasteiger partial charge is 0.471 e. The van der Waals surface area contributed by atoms with Gasteiger partial charge in [0.2, 0.25) is 0 Å². The molecular weight excluding hydrogens is 343 g/mol. The molecule has 1 N–H and O–H groups in total. The maximum absolute atomic E-state index is 12.8. The van der Waals surface area contributed by atoms with Crippen molar-refractivity contribution < 1.29 is 32.1 Å². The number of nitrogens with zero attached hydrogens (tertiary/aromatic N) is 1. The highest BCUT2D eigenvalue weighted by Crippen LogP contribution is 2.36. The van der Waals surface area contributed by atoms with Gasteiger partial charge in [-0.2, -0.15) is 13.2 Å². The van der Waals surface area contributed by atoms with Gasteiger partial charge >= 0.3 is 18.1 Å². The Bertz CT molecular complexity index is 628. The summed E-state index contributed by atoms with van der Waals surface area (Å²) < 4.78 is 50.2. The lowest BCUT2D eigenvalue weighted by atomic mass is 10.1. The lowest BCUT2D eigenvalue weighted by Gasteiger charge is -2.39. The number of carboxylic acids is 1. The first-order valence-electron chi connectivity index (χ1n) is 6.15. The van der Waals surface area contributed by atoms with Crippen LogP contribution in [0.2, 0.25) is 0 Å². The minimum atomic E-state index is -5.18. The molecule has 0 radical (unpaired) electrons.